The van der Waals surface area contributed by atoms with Crippen molar-refractivity contribution in [2.75, 3.05) is 13.2 Å². The van der Waals surface area contributed by atoms with Crippen LogP contribution in [0.5, 0.6) is 11.5 Å². The lowest BCUT2D eigenvalue weighted by atomic mass is 9.76. The first kappa shape index (κ1) is 33.1. The van der Waals surface area contributed by atoms with Crippen LogP contribution in [0.4, 0.5) is 0 Å². The molecule has 0 amide bonds. The Morgan fingerprint density at radius 1 is 0.756 bits per heavy atom. The van der Waals surface area contributed by atoms with Gasteiger partial charge in [0, 0.05) is 16.6 Å². The summed E-state index contributed by atoms with van der Waals surface area (Å²) in [6.45, 7) is 26.6. The lowest BCUT2D eigenvalue weighted by Crippen LogP contribution is -2.23. The molecule has 2 unspecified atom stereocenters. The average molecular weight is 561 g/mol. The molecule has 0 saturated heterocycles. The van der Waals surface area contributed by atoms with E-state index in [-0.39, 0.29) is 18.6 Å². The number of hydrogen-bond donors (Lipinski definition) is 0. The van der Waals surface area contributed by atoms with Gasteiger partial charge in [-0.25, -0.2) is 9.59 Å². The third-order valence-corrected chi connectivity index (χ3v) is 6.55. The molecule has 0 spiro atoms. The highest BCUT2D eigenvalue weighted by molar-refractivity contribution is 5.87. The molecule has 220 valence electrons. The number of ether oxygens (including phenoxy) is 4. The Kier molecular flexibility index (Phi) is 12.2. The van der Waals surface area contributed by atoms with Crippen LogP contribution in [0, 0.1) is 0 Å². The number of hydrogen-bond acceptors (Lipinski definition) is 6. The Labute approximate surface area is 245 Å². The molecule has 41 heavy (non-hydrogen) atoms. The van der Waals surface area contributed by atoms with Crippen molar-refractivity contribution in [1.82, 2.24) is 0 Å². The Bertz CT molecular complexity index is 1190. The molecule has 6 nitrogen and oxygen atoms in total. The van der Waals surface area contributed by atoms with Crippen LogP contribution in [0.3, 0.4) is 0 Å². The number of carbonyl (C=O) groups is 2. The molecule has 2 atom stereocenters. The van der Waals surface area contributed by atoms with Gasteiger partial charge in [-0.05, 0) is 74.9 Å². The van der Waals surface area contributed by atoms with Gasteiger partial charge in [0.1, 0.15) is 36.9 Å². The molecule has 0 bridgehead atoms. The molecule has 0 saturated carbocycles. The van der Waals surface area contributed by atoms with Gasteiger partial charge >= 0.3 is 11.9 Å². The van der Waals surface area contributed by atoms with E-state index in [0.29, 0.717) is 24.0 Å². The fourth-order valence-electron chi connectivity index (χ4n) is 4.06. The van der Waals surface area contributed by atoms with Crippen LogP contribution >= 0.6 is 0 Å². The third kappa shape index (κ3) is 9.52. The maximum Gasteiger partial charge on any atom is 0.333 e. The molecule has 0 radical (unpaired) electrons. The highest BCUT2D eigenvalue weighted by atomic mass is 16.6. The topological polar surface area (TPSA) is 71.1 Å². The molecule has 0 aromatic heterocycles. The summed E-state index contributed by atoms with van der Waals surface area (Å²) in [5, 5.41) is 0. The maximum absolute atomic E-state index is 11.8. The van der Waals surface area contributed by atoms with E-state index < -0.39 is 24.1 Å². The zero-order valence-corrected chi connectivity index (χ0v) is 25.4. The highest BCUT2D eigenvalue weighted by Gasteiger charge is 2.26. The Balaban J connectivity index is 2.26. The molecule has 2 aromatic rings. The summed E-state index contributed by atoms with van der Waals surface area (Å²) in [5.74, 6) is 0.579. The summed E-state index contributed by atoms with van der Waals surface area (Å²) < 4.78 is 22.8. The first-order valence-electron chi connectivity index (χ1n) is 13.8. The summed E-state index contributed by atoms with van der Waals surface area (Å²) in [6.07, 6.45) is 4.09. The van der Waals surface area contributed by atoms with Gasteiger partial charge in [-0.3, -0.25) is 0 Å². The van der Waals surface area contributed by atoms with E-state index in [4.69, 9.17) is 18.9 Å². The predicted octanol–water partition coefficient (Wildman–Crippen LogP) is 7.24. The van der Waals surface area contributed by atoms with Crippen molar-refractivity contribution >= 4 is 11.9 Å². The zero-order valence-electron chi connectivity index (χ0n) is 25.4. The van der Waals surface area contributed by atoms with E-state index in [2.05, 4.69) is 64.4 Å². The van der Waals surface area contributed by atoms with E-state index in [1.54, 1.807) is 27.7 Å². The van der Waals surface area contributed by atoms with Gasteiger partial charge in [0.25, 0.3) is 0 Å². The highest BCUT2D eigenvalue weighted by Crippen LogP contribution is 2.36. The molecule has 2 aromatic carbocycles. The van der Waals surface area contributed by atoms with Gasteiger partial charge in [-0.2, -0.15) is 0 Å². The van der Waals surface area contributed by atoms with Crippen LogP contribution in [0.25, 0.3) is 0 Å². The predicted molar refractivity (Wildman–Crippen MR) is 165 cm³/mol. The van der Waals surface area contributed by atoms with Crippen molar-refractivity contribution in [3.63, 3.8) is 0 Å². The Morgan fingerprint density at radius 2 is 1.12 bits per heavy atom. The normalized spacial score (nSPS) is 12.4. The molecule has 0 heterocycles. The van der Waals surface area contributed by atoms with Crippen LogP contribution in [0.2, 0.25) is 0 Å². The van der Waals surface area contributed by atoms with Gasteiger partial charge in [0.05, 0.1) is 0 Å². The first-order valence-corrected chi connectivity index (χ1v) is 13.8. The lowest BCUT2D eigenvalue weighted by Gasteiger charge is -2.28. The van der Waals surface area contributed by atoms with Crippen LogP contribution in [-0.4, -0.2) is 37.4 Å². The number of allylic oxidation sites excluding steroid dienone is 2. The minimum atomic E-state index is -0.433. The standard InChI is InChI=1S/C35H44O6/c1-11-13-27-19-29(15-17-31(27)38-21-25(7)40-33(36)23(3)4)35(9,10)30-16-18-32(28(20-30)14-12-2)39-22-26(8)41-34(37)24(5)6/h11-12,15-20,25-26H,1-3,5,13-14,21-22H2,4,6-10H3. The summed E-state index contributed by atoms with van der Waals surface area (Å²) in [7, 11) is 0. The quantitative estimate of drug-likeness (QED) is 0.122. The number of rotatable bonds is 16. The van der Waals surface area contributed by atoms with E-state index in [1.165, 1.54) is 0 Å². The second-order valence-electron chi connectivity index (χ2n) is 10.9. The van der Waals surface area contributed by atoms with Crippen molar-refractivity contribution in [1.29, 1.82) is 0 Å². The van der Waals surface area contributed by atoms with E-state index in [1.807, 2.05) is 24.3 Å². The third-order valence-electron chi connectivity index (χ3n) is 6.55. The van der Waals surface area contributed by atoms with Crippen LogP contribution < -0.4 is 9.47 Å². The molecular formula is C35H44O6. The maximum atomic E-state index is 11.8. The Hall–Kier alpha value is -4.06. The molecule has 6 heteroatoms. The second-order valence-corrected chi connectivity index (χ2v) is 10.9. The minimum absolute atomic E-state index is 0.225. The van der Waals surface area contributed by atoms with Crippen LogP contribution in [0.15, 0.2) is 86.0 Å². The molecular weight excluding hydrogens is 516 g/mol. The van der Waals surface area contributed by atoms with Gasteiger partial charge in [0.15, 0.2) is 0 Å². The fourth-order valence-corrected chi connectivity index (χ4v) is 4.06. The second kappa shape index (κ2) is 15.1. The molecule has 0 aliphatic rings. The fraction of sp³-hybridized carbons (Fsp3) is 0.371. The van der Waals surface area contributed by atoms with Crippen molar-refractivity contribution in [3.8, 4) is 11.5 Å². The number of esters is 2. The van der Waals surface area contributed by atoms with Gasteiger partial charge < -0.3 is 18.9 Å². The lowest BCUT2D eigenvalue weighted by molar-refractivity contribution is -0.145. The van der Waals surface area contributed by atoms with E-state index in [0.717, 1.165) is 33.8 Å². The van der Waals surface area contributed by atoms with Crippen LogP contribution in [-0.2, 0) is 37.3 Å². The smallest absolute Gasteiger partial charge is 0.333 e. The van der Waals surface area contributed by atoms with Gasteiger partial charge in [-0.15, -0.1) is 13.2 Å². The van der Waals surface area contributed by atoms with Crippen molar-refractivity contribution in [3.05, 3.63) is 108 Å². The molecule has 2 rings (SSSR count). The summed E-state index contributed by atoms with van der Waals surface area (Å²) >= 11 is 0. The van der Waals surface area contributed by atoms with Crippen LogP contribution in [0.1, 0.15) is 63.8 Å². The summed E-state index contributed by atoms with van der Waals surface area (Å²) in [5.41, 5.74) is 4.58. The summed E-state index contributed by atoms with van der Waals surface area (Å²) in [6, 6.07) is 12.3. The van der Waals surface area contributed by atoms with E-state index in [9.17, 15) is 9.59 Å². The SMILES string of the molecule is C=CCc1cc(C(C)(C)c2ccc(OCC(C)OC(=O)C(=C)C)c(CC=C)c2)ccc1OCC(C)OC(=O)C(=C)C. The van der Waals surface area contributed by atoms with Crippen molar-refractivity contribution in [2.45, 2.75) is 72.0 Å². The summed E-state index contributed by atoms with van der Waals surface area (Å²) in [4.78, 5) is 23.6. The van der Waals surface area contributed by atoms with Gasteiger partial charge in [0.2, 0.25) is 0 Å². The largest absolute Gasteiger partial charge is 0.489 e. The Morgan fingerprint density at radius 3 is 1.44 bits per heavy atom. The van der Waals surface area contributed by atoms with Crippen molar-refractivity contribution < 1.29 is 28.5 Å². The minimum Gasteiger partial charge on any atom is -0.489 e. The van der Waals surface area contributed by atoms with Gasteiger partial charge in [-0.1, -0.05) is 63.4 Å². The number of benzene rings is 2. The molecule has 0 aliphatic heterocycles. The molecule has 0 N–H and O–H groups in total. The molecule has 0 aliphatic carbocycles. The van der Waals surface area contributed by atoms with E-state index >= 15 is 0 Å². The number of carbonyl (C=O) groups excluding carboxylic acids is 2. The zero-order chi connectivity index (χ0) is 30.7. The molecule has 0 fully saturated rings. The monoisotopic (exact) mass is 560 g/mol. The first-order chi connectivity index (χ1) is 19.3. The van der Waals surface area contributed by atoms with Crippen molar-refractivity contribution in [2.24, 2.45) is 0 Å². The average Bonchev–Trinajstić information content (AvgIpc) is 2.91.